The first-order valence-corrected chi connectivity index (χ1v) is 31.0. The number of likely N-dealkylation sites (tertiary alicyclic amines) is 2. The first-order valence-electron chi connectivity index (χ1n) is 31.0. The third kappa shape index (κ3) is 16.9. The van der Waals surface area contributed by atoms with Crippen molar-refractivity contribution >= 4 is 47.3 Å². The molecule has 2 aliphatic carbocycles. The molecule has 2 saturated carbocycles. The summed E-state index contributed by atoms with van der Waals surface area (Å²) >= 11 is 0. The van der Waals surface area contributed by atoms with E-state index in [1.165, 1.54) is 0 Å². The second kappa shape index (κ2) is 31.2. The van der Waals surface area contributed by atoms with E-state index in [0.29, 0.717) is 36.8 Å². The molecule has 4 fully saturated rings. The predicted octanol–water partition coefficient (Wildman–Crippen LogP) is 4.07. The lowest BCUT2D eigenvalue weighted by molar-refractivity contribution is -0.148. The predicted molar refractivity (Wildman–Crippen MR) is 331 cm³/mol. The van der Waals surface area contributed by atoms with Crippen molar-refractivity contribution in [2.75, 3.05) is 53.4 Å². The van der Waals surface area contributed by atoms with Gasteiger partial charge in [-0.05, 0) is 125 Å². The topological polar surface area (TPSA) is 274 Å². The molecule has 20 heteroatoms. The minimum Gasteiger partial charge on any atom is -0.343 e. The van der Waals surface area contributed by atoms with Crippen molar-refractivity contribution in [3.63, 3.8) is 0 Å². The highest BCUT2D eigenvalue weighted by molar-refractivity contribution is 5.98. The Balaban J connectivity index is 0.903. The lowest BCUT2D eigenvalue weighted by atomic mass is 9.83. The summed E-state index contributed by atoms with van der Waals surface area (Å²) in [5.41, 5.74) is 17.4. The minimum atomic E-state index is -0.773. The second-order valence-electron chi connectivity index (χ2n) is 23.9. The first kappa shape index (κ1) is 64.5. The highest BCUT2D eigenvalue weighted by Crippen LogP contribution is 2.33. The molecular formula is C66H90N12O8. The zero-order valence-electron chi connectivity index (χ0n) is 50.5. The molecule has 0 spiro atoms. The molecule has 8 atom stereocenters. The van der Waals surface area contributed by atoms with Gasteiger partial charge in [-0.15, -0.1) is 0 Å². The quantitative estimate of drug-likeness (QED) is 0.0467. The van der Waals surface area contributed by atoms with Gasteiger partial charge in [0.1, 0.15) is 24.4 Å². The molecular weight excluding hydrogens is 1090 g/mol. The van der Waals surface area contributed by atoms with Gasteiger partial charge in [0.2, 0.25) is 35.4 Å². The highest BCUT2D eigenvalue weighted by atomic mass is 16.2. The van der Waals surface area contributed by atoms with E-state index >= 15 is 0 Å². The molecule has 8 rings (SSSR count). The summed E-state index contributed by atoms with van der Waals surface area (Å²) in [5.74, 6) is -2.86. The van der Waals surface area contributed by atoms with E-state index < -0.39 is 60.4 Å². The third-order valence-corrected chi connectivity index (χ3v) is 18.0. The van der Waals surface area contributed by atoms with Crippen LogP contribution in [0.15, 0.2) is 109 Å². The molecule has 2 aliphatic heterocycles. The summed E-state index contributed by atoms with van der Waals surface area (Å²) in [6.07, 6.45) is 9.49. The molecule has 2 heterocycles. The van der Waals surface area contributed by atoms with E-state index in [1.807, 2.05) is 60.7 Å². The monoisotopic (exact) mass is 1180 g/mol. The van der Waals surface area contributed by atoms with Crippen LogP contribution < -0.4 is 43.4 Å². The fraction of sp³-hybridized carbons (Fsp3) is 0.515. The van der Waals surface area contributed by atoms with Gasteiger partial charge in [0.25, 0.3) is 11.8 Å². The Morgan fingerprint density at radius 1 is 0.500 bits per heavy atom. The number of nitrogens with zero attached hydrogens (tertiary/aromatic N) is 4. The van der Waals surface area contributed by atoms with Gasteiger partial charge in [-0.1, -0.05) is 123 Å². The molecule has 462 valence electrons. The molecule has 4 aliphatic rings. The van der Waals surface area contributed by atoms with Crippen molar-refractivity contribution in [1.29, 1.82) is 0 Å². The van der Waals surface area contributed by atoms with E-state index in [9.17, 15) is 38.4 Å². The molecule has 20 nitrogen and oxygen atoms in total. The Kier molecular flexibility index (Phi) is 23.4. The number of carbonyl (C=O) groups excluding carboxylic acids is 8. The molecule has 8 amide bonds. The molecule has 4 aromatic rings. The van der Waals surface area contributed by atoms with Gasteiger partial charge >= 0.3 is 0 Å². The standard InChI is InChI=1S/C66H90N12O8/c1-43(69-3)61(81)73-59(49-21-13-7-14-22-49)65(85)77-41-53(67)37-55(77)75(35-33-45-17-9-5-10-18-45)57(79)39-71-63(83)51-29-25-47(26-30-51)48-27-31-52(32-28-48)64(84)72-40-58(80)76(36-34-46-19-11-6-12-20-46)56-38-54(68)42-78(56)66(86)60(50-23-15-8-16-24-50)74-62(82)44(2)70-4/h5-6,9-12,17-20,25-32,43-44,49-50,53-56,59-60,69-70H,7-8,13-16,21-24,33-42,67-68H2,1-4H3,(H,71,83)(H,72,84)(H,73,81)(H,74,82)/t43-,44-,53-,54-,55?,56?,59-,60-/m0/s1. The van der Waals surface area contributed by atoms with Crippen LogP contribution >= 0.6 is 0 Å². The largest absolute Gasteiger partial charge is 0.343 e. The zero-order valence-corrected chi connectivity index (χ0v) is 50.5. The summed E-state index contributed by atoms with van der Waals surface area (Å²) in [4.78, 5) is 119. The van der Waals surface area contributed by atoms with Crippen LogP contribution in [-0.2, 0) is 41.6 Å². The van der Waals surface area contributed by atoms with Crippen molar-refractivity contribution in [3.05, 3.63) is 131 Å². The smallest absolute Gasteiger partial charge is 0.251 e. The zero-order chi connectivity index (χ0) is 61.3. The maximum absolute atomic E-state index is 14.7. The molecule has 86 heavy (non-hydrogen) atoms. The lowest BCUT2D eigenvalue weighted by Crippen LogP contribution is -2.60. The van der Waals surface area contributed by atoms with Gasteiger partial charge in [0.15, 0.2) is 0 Å². The van der Waals surface area contributed by atoms with Gasteiger partial charge in [-0.25, -0.2) is 0 Å². The normalized spacial score (nSPS) is 20.4. The van der Waals surface area contributed by atoms with Crippen molar-refractivity contribution in [3.8, 4) is 11.1 Å². The Hall–Kier alpha value is -7.52. The molecule has 2 saturated heterocycles. The van der Waals surface area contributed by atoms with Gasteiger partial charge in [0, 0.05) is 62.2 Å². The van der Waals surface area contributed by atoms with Crippen LogP contribution in [0.25, 0.3) is 11.1 Å². The van der Waals surface area contributed by atoms with Gasteiger partial charge in [-0.3, -0.25) is 38.4 Å². The summed E-state index contributed by atoms with van der Waals surface area (Å²) < 4.78 is 0. The van der Waals surface area contributed by atoms with Crippen molar-refractivity contribution in [2.24, 2.45) is 23.3 Å². The average Bonchev–Trinajstić information content (AvgIpc) is 4.16. The van der Waals surface area contributed by atoms with E-state index in [4.69, 9.17) is 11.5 Å². The first-order chi connectivity index (χ1) is 41.5. The number of hydrogen-bond donors (Lipinski definition) is 8. The number of hydrogen-bond acceptors (Lipinski definition) is 12. The molecule has 0 radical (unpaired) electrons. The minimum absolute atomic E-state index is 0.0534. The molecule has 2 unspecified atom stereocenters. The highest BCUT2D eigenvalue weighted by Gasteiger charge is 2.46. The summed E-state index contributed by atoms with van der Waals surface area (Å²) in [6.45, 7) is 3.78. The third-order valence-electron chi connectivity index (χ3n) is 18.0. The number of nitrogens with two attached hydrogens (primary N) is 2. The van der Waals surface area contributed by atoms with Crippen molar-refractivity contribution in [2.45, 2.75) is 152 Å². The Morgan fingerprint density at radius 2 is 0.849 bits per heavy atom. The van der Waals surface area contributed by atoms with Crippen LogP contribution in [0.1, 0.15) is 123 Å². The Bertz CT molecular complexity index is 2720. The summed E-state index contributed by atoms with van der Waals surface area (Å²) in [6, 6.07) is 29.8. The van der Waals surface area contributed by atoms with Crippen LogP contribution in [0.5, 0.6) is 0 Å². The fourth-order valence-corrected chi connectivity index (χ4v) is 12.6. The second-order valence-corrected chi connectivity index (χ2v) is 23.9. The maximum atomic E-state index is 14.7. The number of benzene rings is 4. The van der Waals surface area contributed by atoms with Crippen molar-refractivity contribution < 1.29 is 38.4 Å². The number of nitrogens with one attached hydrogen (secondary N) is 6. The number of amides is 8. The van der Waals surface area contributed by atoms with E-state index in [0.717, 1.165) is 86.5 Å². The number of rotatable bonds is 25. The van der Waals surface area contributed by atoms with Crippen LogP contribution in [-0.4, -0.2) is 169 Å². The number of likely N-dealkylation sites (N-methyl/N-ethyl adjacent to an activating group) is 2. The van der Waals surface area contributed by atoms with Crippen LogP contribution in [0, 0.1) is 11.8 Å². The maximum Gasteiger partial charge on any atom is 0.251 e. The molecule has 10 N–H and O–H groups in total. The number of carbonyl (C=O) groups is 8. The molecule has 0 bridgehead atoms. The van der Waals surface area contributed by atoms with Crippen LogP contribution in [0.3, 0.4) is 0 Å². The summed E-state index contributed by atoms with van der Waals surface area (Å²) in [7, 11) is 3.39. The molecule has 4 aromatic carbocycles. The van der Waals surface area contributed by atoms with Crippen LogP contribution in [0.4, 0.5) is 0 Å². The Morgan fingerprint density at radius 3 is 1.19 bits per heavy atom. The van der Waals surface area contributed by atoms with E-state index in [-0.39, 0.29) is 86.5 Å². The van der Waals surface area contributed by atoms with Crippen LogP contribution in [0.2, 0.25) is 0 Å². The van der Waals surface area contributed by atoms with Crippen molar-refractivity contribution in [1.82, 2.24) is 51.5 Å². The molecule has 0 aromatic heterocycles. The lowest BCUT2D eigenvalue weighted by Gasteiger charge is -2.39. The SMILES string of the molecule is CN[C@@H](C)C(=O)N[C@H](C(=O)N1C[C@@H](N)CC1N(CCc1ccccc1)C(=O)CNC(=O)c1ccc(-c2ccc(C(=O)NCC(=O)N(CCc3ccccc3)C3C[C@H](N)CN3C(=O)[C@@H](NC(=O)[C@H](C)NC)C3CCCCC3)cc2)cc1)C1CCCCC1. The van der Waals surface area contributed by atoms with E-state index in [1.54, 1.807) is 96.1 Å². The van der Waals surface area contributed by atoms with Gasteiger partial charge in [-0.2, -0.15) is 0 Å². The van der Waals surface area contributed by atoms with Gasteiger partial charge < -0.3 is 63.0 Å². The average molecular weight is 1180 g/mol. The Labute approximate surface area is 506 Å². The van der Waals surface area contributed by atoms with E-state index in [2.05, 4.69) is 31.9 Å². The fourth-order valence-electron chi connectivity index (χ4n) is 12.6. The van der Waals surface area contributed by atoms with Gasteiger partial charge in [0.05, 0.1) is 25.2 Å². The summed E-state index contributed by atoms with van der Waals surface area (Å²) in [5, 5.41) is 17.7.